The molecule has 128 valence electrons. The fourth-order valence-corrected chi connectivity index (χ4v) is 3.34. The zero-order valence-electron chi connectivity index (χ0n) is 14.8. The molecule has 0 saturated heterocycles. The van der Waals surface area contributed by atoms with Crippen LogP contribution in [0.25, 0.3) is 0 Å². The van der Waals surface area contributed by atoms with Crippen LogP contribution in [0, 0.1) is 12.8 Å². The molecule has 4 nitrogen and oxygen atoms in total. The van der Waals surface area contributed by atoms with Crippen molar-refractivity contribution in [2.75, 3.05) is 13.7 Å². The lowest BCUT2D eigenvalue weighted by molar-refractivity contribution is -0.121. The fourth-order valence-electron chi connectivity index (χ4n) is 3.34. The third-order valence-electron chi connectivity index (χ3n) is 4.88. The number of carbonyl (C=O) groups is 1. The molecule has 1 aliphatic rings. The summed E-state index contributed by atoms with van der Waals surface area (Å²) in [5.74, 6) is 1.53. The first-order chi connectivity index (χ1) is 11.0. The van der Waals surface area contributed by atoms with E-state index in [1.165, 1.54) is 24.8 Å². The molecule has 4 heteroatoms. The lowest BCUT2D eigenvalue weighted by Crippen LogP contribution is -2.45. The van der Waals surface area contributed by atoms with Crippen LogP contribution in [-0.2, 0) is 4.79 Å². The molecular weight excluding hydrogens is 288 g/mol. The number of carbonyl (C=O) groups excluding carboxylic acids is 1. The summed E-state index contributed by atoms with van der Waals surface area (Å²) in [5, 5.41) is 6.50. The first kappa shape index (κ1) is 17.8. The van der Waals surface area contributed by atoms with Gasteiger partial charge in [-0.15, -0.1) is 0 Å². The van der Waals surface area contributed by atoms with Crippen molar-refractivity contribution in [2.24, 2.45) is 5.92 Å². The van der Waals surface area contributed by atoms with E-state index in [2.05, 4.69) is 37.5 Å². The zero-order valence-corrected chi connectivity index (χ0v) is 14.8. The molecule has 1 fully saturated rings. The Morgan fingerprint density at radius 1 is 1.35 bits per heavy atom. The van der Waals surface area contributed by atoms with E-state index in [0.717, 1.165) is 17.7 Å². The summed E-state index contributed by atoms with van der Waals surface area (Å²) >= 11 is 0. The van der Waals surface area contributed by atoms with Crippen LogP contribution >= 0.6 is 0 Å². The van der Waals surface area contributed by atoms with E-state index >= 15 is 0 Å². The maximum atomic E-state index is 12.2. The summed E-state index contributed by atoms with van der Waals surface area (Å²) in [7, 11) is 1.68. The predicted molar refractivity (Wildman–Crippen MR) is 93.7 cm³/mol. The van der Waals surface area contributed by atoms with Crippen molar-refractivity contribution in [1.82, 2.24) is 10.6 Å². The molecule has 0 spiro atoms. The van der Waals surface area contributed by atoms with Crippen LogP contribution in [0.4, 0.5) is 0 Å². The molecule has 0 bridgehead atoms. The van der Waals surface area contributed by atoms with E-state index in [1.807, 2.05) is 12.1 Å². The van der Waals surface area contributed by atoms with Crippen molar-refractivity contribution in [3.05, 3.63) is 29.3 Å². The van der Waals surface area contributed by atoms with Gasteiger partial charge in [0, 0.05) is 17.6 Å². The van der Waals surface area contributed by atoms with E-state index < -0.39 is 0 Å². The summed E-state index contributed by atoms with van der Waals surface area (Å²) in [6.45, 7) is 6.69. The van der Waals surface area contributed by atoms with Crippen LogP contribution in [0.1, 0.15) is 56.7 Å². The molecule has 1 aliphatic carbocycles. The molecule has 1 aromatic carbocycles. The highest BCUT2D eigenvalue weighted by molar-refractivity contribution is 5.78. The largest absolute Gasteiger partial charge is 0.496 e. The third kappa shape index (κ3) is 4.96. The van der Waals surface area contributed by atoms with Crippen molar-refractivity contribution in [3.8, 4) is 5.75 Å². The number of ether oxygens (including phenoxy) is 1. The average molecular weight is 318 g/mol. The minimum atomic E-state index is 0.0689. The van der Waals surface area contributed by atoms with Crippen LogP contribution < -0.4 is 15.4 Å². The van der Waals surface area contributed by atoms with Crippen molar-refractivity contribution < 1.29 is 9.53 Å². The van der Waals surface area contributed by atoms with Crippen LogP contribution in [0.15, 0.2) is 18.2 Å². The molecule has 3 atom stereocenters. The molecule has 1 amide bonds. The van der Waals surface area contributed by atoms with Gasteiger partial charge in [-0.05, 0) is 38.7 Å². The lowest BCUT2D eigenvalue weighted by Gasteiger charge is -2.29. The predicted octanol–water partition coefficient (Wildman–Crippen LogP) is 3.35. The first-order valence-electron chi connectivity index (χ1n) is 8.68. The van der Waals surface area contributed by atoms with Gasteiger partial charge in [-0.2, -0.15) is 0 Å². The third-order valence-corrected chi connectivity index (χ3v) is 4.88. The first-order valence-corrected chi connectivity index (χ1v) is 8.68. The number of methoxy groups -OCH3 is 1. The fraction of sp³-hybridized carbons (Fsp3) is 0.632. The summed E-state index contributed by atoms with van der Waals surface area (Å²) in [6, 6.07) is 6.53. The van der Waals surface area contributed by atoms with Crippen LogP contribution in [-0.4, -0.2) is 25.6 Å². The Morgan fingerprint density at radius 2 is 2.09 bits per heavy atom. The molecule has 2 N–H and O–H groups in total. The molecule has 1 aromatic rings. The maximum Gasteiger partial charge on any atom is 0.234 e. The zero-order chi connectivity index (χ0) is 16.8. The normalized spacial score (nSPS) is 22.4. The van der Waals surface area contributed by atoms with E-state index in [4.69, 9.17) is 4.74 Å². The standard InChI is InChI=1S/C19H30N2O2/c1-13-9-10-18(23-4)16(11-13)15(3)20-12-19(22)21-17-8-6-5-7-14(17)2/h9-11,14-15,17,20H,5-8,12H2,1-4H3,(H,21,22)/t14-,15+,17-/m0/s1. The second-order valence-electron chi connectivity index (χ2n) is 6.78. The number of aryl methyl sites for hydroxylation is 1. The maximum absolute atomic E-state index is 12.2. The Balaban J connectivity index is 1.87. The molecular formula is C19H30N2O2. The number of benzene rings is 1. The van der Waals surface area contributed by atoms with E-state index in [9.17, 15) is 4.79 Å². The molecule has 0 unspecified atom stereocenters. The number of amides is 1. The van der Waals surface area contributed by atoms with Crippen molar-refractivity contribution >= 4 is 5.91 Å². The van der Waals surface area contributed by atoms with Gasteiger partial charge in [-0.25, -0.2) is 0 Å². The average Bonchev–Trinajstić information content (AvgIpc) is 2.54. The van der Waals surface area contributed by atoms with Gasteiger partial charge in [0.25, 0.3) is 0 Å². The molecule has 1 saturated carbocycles. The van der Waals surface area contributed by atoms with Crippen LogP contribution in [0.2, 0.25) is 0 Å². The van der Waals surface area contributed by atoms with Gasteiger partial charge in [0.05, 0.1) is 13.7 Å². The highest BCUT2D eigenvalue weighted by atomic mass is 16.5. The van der Waals surface area contributed by atoms with Gasteiger partial charge >= 0.3 is 0 Å². The minimum absolute atomic E-state index is 0.0689. The molecule has 23 heavy (non-hydrogen) atoms. The summed E-state index contributed by atoms with van der Waals surface area (Å²) in [5.41, 5.74) is 2.28. The Morgan fingerprint density at radius 3 is 2.78 bits per heavy atom. The minimum Gasteiger partial charge on any atom is -0.496 e. The van der Waals surface area contributed by atoms with Crippen molar-refractivity contribution in [3.63, 3.8) is 0 Å². The number of hydrogen-bond donors (Lipinski definition) is 2. The second kappa shape index (κ2) is 8.34. The summed E-state index contributed by atoms with van der Waals surface area (Å²) in [4.78, 5) is 12.2. The van der Waals surface area contributed by atoms with Gasteiger partial charge in [-0.1, -0.05) is 37.5 Å². The quantitative estimate of drug-likeness (QED) is 0.846. The SMILES string of the molecule is COc1ccc(C)cc1[C@@H](C)NCC(=O)N[C@H]1CCCC[C@@H]1C. The molecule has 0 aliphatic heterocycles. The van der Waals surface area contributed by atoms with Crippen molar-refractivity contribution in [1.29, 1.82) is 0 Å². The molecule has 0 aromatic heterocycles. The lowest BCUT2D eigenvalue weighted by atomic mass is 9.86. The Bertz CT molecular complexity index is 530. The van der Waals surface area contributed by atoms with E-state index in [0.29, 0.717) is 18.5 Å². The Kier molecular flexibility index (Phi) is 6.46. The smallest absolute Gasteiger partial charge is 0.234 e. The van der Waals surface area contributed by atoms with Crippen LogP contribution in [0.5, 0.6) is 5.75 Å². The molecule has 2 rings (SSSR count). The summed E-state index contributed by atoms with van der Waals surface area (Å²) in [6.07, 6.45) is 4.83. The number of hydrogen-bond acceptors (Lipinski definition) is 3. The van der Waals surface area contributed by atoms with Gasteiger partial charge in [0.1, 0.15) is 5.75 Å². The number of rotatable bonds is 6. The van der Waals surface area contributed by atoms with Gasteiger partial charge in [0.15, 0.2) is 0 Å². The van der Waals surface area contributed by atoms with E-state index in [-0.39, 0.29) is 11.9 Å². The highest BCUT2D eigenvalue weighted by Crippen LogP contribution is 2.26. The monoisotopic (exact) mass is 318 g/mol. The van der Waals surface area contributed by atoms with Crippen LogP contribution in [0.3, 0.4) is 0 Å². The van der Waals surface area contributed by atoms with Crippen molar-refractivity contribution in [2.45, 2.75) is 58.5 Å². The second-order valence-corrected chi connectivity index (χ2v) is 6.78. The highest BCUT2D eigenvalue weighted by Gasteiger charge is 2.23. The van der Waals surface area contributed by atoms with Gasteiger partial charge in [-0.3, -0.25) is 4.79 Å². The van der Waals surface area contributed by atoms with E-state index in [1.54, 1.807) is 7.11 Å². The topological polar surface area (TPSA) is 50.4 Å². The molecule has 0 heterocycles. The Labute approximate surface area is 140 Å². The molecule has 0 radical (unpaired) electrons. The van der Waals surface area contributed by atoms with Gasteiger partial charge < -0.3 is 15.4 Å². The number of nitrogens with one attached hydrogen (secondary N) is 2. The summed E-state index contributed by atoms with van der Waals surface area (Å²) < 4.78 is 5.42. The van der Waals surface area contributed by atoms with Gasteiger partial charge in [0.2, 0.25) is 5.91 Å². The Hall–Kier alpha value is -1.55.